The first kappa shape index (κ1) is 13.5. The van der Waals surface area contributed by atoms with E-state index in [1.807, 2.05) is 30.3 Å². The Labute approximate surface area is 119 Å². The van der Waals surface area contributed by atoms with E-state index in [1.165, 1.54) is 6.07 Å². The van der Waals surface area contributed by atoms with Crippen molar-refractivity contribution in [2.24, 2.45) is 0 Å². The number of phenols is 1. The maximum absolute atomic E-state index is 12.9. The molecular formula is C17H11F3O. The van der Waals surface area contributed by atoms with Crippen molar-refractivity contribution in [3.63, 3.8) is 0 Å². The lowest BCUT2D eigenvalue weighted by Crippen LogP contribution is -2.04. The summed E-state index contributed by atoms with van der Waals surface area (Å²) in [4.78, 5) is 0. The Morgan fingerprint density at radius 2 is 1.52 bits per heavy atom. The van der Waals surface area contributed by atoms with Crippen LogP contribution < -0.4 is 0 Å². The molecule has 21 heavy (non-hydrogen) atoms. The highest BCUT2D eigenvalue weighted by atomic mass is 19.4. The molecule has 3 rings (SSSR count). The van der Waals surface area contributed by atoms with Gasteiger partial charge in [0.15, 0.2) is 0 Å². The monoisotopic (exact) mass is 288 g/mol. The molecule has 106 valence electrons. The average Bonchev–Trinajstić information content (AvgIpc) is 2.45. The molecule has 3 aromatic rings. The fourth-order valence-corrected chi connectivity index (χ4v) is 2.41. The first-order valence-electron chi connectivity index (χ1n) is 6.34. The summed E-state index contributed by atoms with van der Waals surface area (Å²) in [6.45, 7) is 0. The van der Waals surface area contributed by atoms with Crippen LogP contribution in [0.5, 0.6) is 5.75 Å². The fraction of sp³-hybridized carbons (Fsp3) is 0.0588. The molecule has 0 bridgehead atoms. The van der Waals surface area contributed by atoms with E-state index in [1.54, 1.807) is 12.1 Å². The molecule has 0 aliphatic rings. The van der Waals surface area contributed by atoms with Gasteiger partial charge < -0.3 is 5.11 Å². The Bertz CT molecular complexity index is 801. The van der Waals surface area contributed by atoms with Crippen molar-refractivity contribution in [2.45, 2.75) is 6.18 Å². The zero-order valence-electron chi connectivity index (χ0n) is 10.9. The van der Waals surface area contributed by atoms with Crippen molar-refractivity contribution < 1.29 is 18.3 Å². The number of halogens is 3. The molecule has 1 N–H and O–H groups in total. The Morgan fingerprint density at radius 3 is 2.29 bits per heavy atom. The number of aromatic hydroxyl groups is 1. The Kier molecular flexibility index (Phi) is 3.09. The van der Waals surface area contributed by atoms with Crippen LogP contribution in [0.25, 0.3) is 21.9 Å². The molecule has 0 aromatic heterocycles. The Morgan fingerprint density at radius 1 is 0.810 bits per heavy atom. The zero-order valence-corrected chi connectivity index (χ0v) is 10.9. The van der Waals surface area contributed by atoms with Crippen LogP contribution in [0.2, 0.25) is 0 Å². The maximum Gasteiger partial charge on any atom is 0.416 e. The van der Waals surface area contributed by atoms with Gasteiger partial charge in [-0.3, -0.25) is 0 Å². The molecule has 0 heterocycles. The van der Waals surface area contributed by atoms with Gasteiger partial charge >= 0.3 is 6.18 Å². The van der Waals surface area contributed by atoms with E-state index >= 15 is 0 Å². The highest BCUT2D eigenvalue weighted by molar-refractivity contribution is 5.96. The molecule has 0 radical (unpaired) electrons. The number of benzene rings is 3. The van der Waals surface area contributed by atoms with Gasteiger partial charge in [0.1, 0.15) is 5.75 Å². The van der Waals surface area contributed by atoms with Crippen molar-refractivity contribution >= 4 is 10.8 Å². The van der Waals surface area contributed by atoms with E-state index in [9.17, 15) is 18.3 Å². The summed E-state index contributed by atoms with van der Waals surface area (Å²) in [6.07, 6.45) is -4.49. The summed E-state index contributed by atoms with van der Waals surface area (Å²) in [5, 5.41) is 11.4. The summed E-state index contributed by atoms with van der Waals surface area (Å²) in [5.41, 5.74) is 0.152. The number of phenolic OH excluding ortho intramolecular Hbond substituents is 1. The first-order valence-corrected chi connectivity index (χ1v) is 6.34. The van der Waals surface area contributed by atoms with Crippen LogP contribution in [-0.4, -0.2) is 5.11 Å². The van der Waals surface area contributed by atoms with Gasteiger partial charge in [0.05, 0.1) is 5.56 Å². The molecule has 0 fully saturated rings. The SMILES string of the molecule is Oc1cc(-c2cccc3ccccc23)cc(C(F)(F)F)c1. The maximum atomic E-state index is 12.9. The quantitative estimate of drug-likeness (QED) is 0.650. The molecule has 0 atom stereocenters. The van der Waals surface area contributed by atoms with Crippen LogP contribution >= 0.6 is 0 Å². The molecule has 0 aliphatic carbocycles. The van der Waals surface area contributed by atoms with Gasteiger partial charge in [-0.05, 0) is 40.1 Å². The number of rotatable bonds is 1. The molecule has 0 unspecified atom stereocenters. The summed E-state index contributed by atoms with van der Waals surface area (Å²) >= 11 is 0. The van der Waals surface area contributed by atoms with Crippen LogP contribution in [0.1, 0.15) is 5.56 Å². The van der Waals surface area contributed by atoms with Crippen molar-refractivity contribution in [1.29, 1.82) is 0 Å². The molecule has 0 spiro atoms. The molecular weight excluding hydrogens is 277 g/mol. The minimum atomic E-state index is -4.49. The smallest absolute Gasteiger partial charge is 0.416 e. The Balaban J connectivity index is 2.26. The number of fused-ring (bicyclic) bond motifs is 1. The summed E-state index contributed by atoms with van der Waals surface area (Å²) in [6, 6.07) is 16.0. The summed E-state index contributed by atoms with van der Waals surface area (Å²) < 4.78 is 38.6. The topological polar surface area (TPSA) is 20.2 Å². The molecule has 0 saturated carbocycles. The van der Waals surface area contributed by atoms with Gasteiger partial charge in [-0.1, -0.05) is 42.5 Å². The largest absolute Gasteiger partial charge is 0.508 e. The molecule has 0 saturated heterocycles. The molecule has 0 amide bonds. The lowest BCUT2D eigenvalue weighted by atomic mass is 9.96. The van der Waals surface area contributed by atoms with Gasteiger partial charge in [-0.15, -0.1) is 0 Å². The second-order valence-electron chi connectivity index (χ2n) is 4.79. The van der Waals surface area contributed by atoms with Gasteiger partial charge in [0.2, 0.25) is 0 Å². The van der Waals surface area contributed by atoms with E-state index in [4.69, 9.17) is 0 Å². The first-order chi connectivity index (χ1) is 9.95. The Hall–Kier alpha value is -2.49. The lowest BCUT2D eigenvalue weighted by Gasteiger charge is -2.12. The zero-order chi connectivity index (χ0) is 15.0. The van der Waals surface area contributed by atoms with Gasteiger partial charge in [0, 0.05) is 0 Å². The van der Waals surface area contributed by atoms with Gasteiger partial charge in [0.25, 0.3) is 0 Å². The highest BCUT2D eigenvalue weighted by Gasteiger charge is 2.31. The van der Waals surface area contributed by atoms with Gasteiger partial charge in [-0.25, -0.2) is 0 Å². The van der Waals surface area contributed by atoms with Crippen LogP contribution in [0.3, 0.4) is 0 Å². The minimum Gasteiger partial charge on any atom is -0.508 e. The predicted molar refractivity (Wildman–Crippen MR) is 76.1 cm³/mol. The van der Waals surface area contributed by atoms with E-state index in [0.29, 0.717) is 11.1 Å². The van der Waals surface area contributed by atoms with Crippen molar-refractivity contribution in [1.82, 2.24) is 0 Å². The van der Waals surface area contributed by atoms with E-state index in [2.05, 4.69) is 0 Å². The van der Waals surface area contributed by atoms with Crippen LogP contribution in [0, 0.1) is 0 Å². The number of hydrogen-bond acceptors (Lipinski definition) is 1. The third-order valence-electron chi connectivity index (χ3n) is 3.35. The lowest BCUT2D eigenvalue weighted by molar-refractivity contribution is -0.137. The van der Waals surface area contributed by atoms with Crippen molar-refractivity contribution in [3.05, 3.63) is 66.2 Å². The number of hydrogen-bond donors (Lipinski definition) is 1. The second kappa shape index (κ2) is 4.81. The minimum absolute atomic E-state index is 0.346. The summed E-state index contributed by atoms with van der Waals surface area (Å²) in [7, 11) is 0. The standard InChI is InChI=1S/C17H11F3O/c18-17(19,20)13-8-12(9-14(21)10-13)16-7-3-5-11-4-1-2-6-15(11)16/h1-10,21H. The van der Waals surface area contributed by atoms with Crippen LogP contribution in [0.15, 0.2) is 60.7 Å². The predicted octanol–water partition coefficient (Wildman–Crippen LogP) is 5.23. The highest BCUT2D eigenvalue weighted by Crippen LogP contribution is 2.37. The van der Waals surface area contributed by atoms with Crippen molar-refractivity contribution in [2.75, 3.05) is 0 Å². The van der Waals surface area contributed by atoms with E-state index < -0.39 is 17.5 Å². The molecule has 3 aromatic carbocycles. The van der Waals surface area contributed by atoms with Crippen molar-refractivity contribution in [3.8, 4) is 16.9 Å². The van der Waals surface area contributed by atoms with E-state index in [-0.39, 0.29) is 0 Å². The number of alkyl halides is 3. The summed E-state index contributed by atoms with van der Waals surface area (Å²) in [5.74, 6) is -0.396. The van der Waals surface area contributed by atoms with Gasteiger partial charge in [-0.2, -0.15) is 13.2 Å². The third kappa shape index (κ3) is 2.57. The third-order valence-corrected chi connectivity index (χ3v) is 3.35. The van der Waals surface area contributed by atoms with E-state index in [0.717, 1.165) is 22.9 Å². The average molecular weight is 288 g/mol. The fourth-order valence-electron chi connectivity index (χ4n) is 2.41. The van der Waals surface area contributed by atoms with Crippen LogP contribution in [0.4, 0.5) is 13.2 Å². The van der Waals surface area contributed by atoms with Crippen LogP contribution in [-0.2, 0) is 6.18 Å². The molecule has 0 aliphatic heterocycles. The molecule has 4 heteroatoms. The normalized spacial score (nSPS) is 11.8. The molecule has 1 nitrogen and oxygen atoms in total. The second-order valence-corrected chi connectivity index (χ2v) is 4.79.